The van der Waals surface area contributed by atoms with Crippen molar-refractivity contribution < 1.29 is 4.70 Å². The highest BCUT2D eigenvalue weighted by Crippen LogP contribution is 2.42. The van der Waals surface area contributed by atoms with Gasteiger partial charge in [0, 0.05) is 23.1 Å². The van der Waals surface area contributed by atoms with Gasteiger partial charge in [-0.15, -0.1) is 0 Å². The van der Waals surface area contributed by atoms with Gasteiger partial charge in [0.25, 0.3) is 0 Å². The quantitative estimate of drug-likeness (QED) is 0.0921. The third-order valence-corrected chi connectivity index (χ3v) is 8.53. The highest BCUT2D eigenvalue weighted by molar-refractivity contribution is 5.85. The van der Waals surface area contributed by atoms with Crippen LogP contribution >= 0.6 is 0 Å². The molecule has 0 amide bonds. The summed E-state index contributed by atoms with van der Waals surface area (Å²) in [6, 6.07) is 17.5. The van der Waals surface area contributed by atoms with Crippen LogP contribution in [0.5, 0.6) is 0 Å². The van der Waals surface area contributed by atoms with E-state index >= 15 is 0 Å². The molecule has 2 heteroatoms. The van der Waals surface area contributed by atoms with Crippen LogP contribution in [0.3, 0.4) is 0 Å². The number of nitrogens with zero attached hydrogens (tertiary/aromatic N) is 2. The van der Waals surface area contributed by atoms with Gasteiger partial charge in [-0.3, -0.25) is 0 Å². The minimum absolute atomic E-state index is 0.855. The van der Waals surface area contributed by atoms with Crippen molar-refractivity contribution in [2.45, 2.75) is 143 Å². The van der Waals surface area contributed by atoms with Crippen LogP contribution in [0.4, 0.5) is 0 Å². The number of benzene rings is 2. The number of hydrogen-bond donors (Lipinski definition) is 0. The molecule has 42 heavy (non-hydrogen) atoms. The summed E-state index contributed by atoms with van der Waals surface area (Å²) >= 11 is 0. The van der Waals surface area contributed by atoms with E-state index in [9.17, 15) is 5.53 Å². The molecule has 0 radical (unpaired) electrons. The van der Waals surface area contributed by atoms with Gasteiger partial charge in [0.2, 0.25) is 11.4 Å². The Hall–Kier alpha value is -2.92. The van der Waals surface area contributed by atoms with Crippen LogP contribution in [-0.4, -0.2) is 4.70 Å². The molecule has 0 fully saturated rings. The molecule has 0 saturated heterocycles. The third kappa shape index (κ3) is 10.1. The fourth-order valence-electron chi connectivity index (χ4n) is 5.97. The lowest BCUT2D eigenvalue weighted by atomic mass is 9.94. The normalized spacial score (nSPS) is 13.2. The minimum atomic E-state index is 0.855. The molecule has 226 valence electrons. The SMILES string of the molecule is CCCCCCCCCCC#CC1=C(c2cccc(CC)c2)[N+](=[N-])C(c2cccc(CCCC)c2)=C1CCCCCC. The number of rotatable bonds is 19. The fraction of sp³-hybridized carbons (Fsp3) is 0.550. The van der Waals surface area contributed by atoms with Crippen molar-refractivity contribution in [1.82, 2.24) is 0 Å². The summed E-state index contributed by atoms with van der Waals surface area (Å²) < 4.78 is 1.48. The molecule has 0 unspecified atom stereocenters. The molecule has 0 aromatic heterocycles. The Balaban J connectivity index is 1.95. The summed E-state index contributed by atoms with van der Waals surface area (Å²) in [4.78, 5) is 0. The van der Waals surface area contributed by atoms with Crippen molar-refractivity contribution in [1.29, 1.82) is 0 Å². The Morgan fingerprint density at radius 1 is 0.595 bits per heavy atom. The lowest BCUT2D eigenvalue weighted by molar-refractivity contribution is -0.345. The first-order valence-electron chi connectivity index (χ1n) is 17.3. The van der Waals surface area contributed by atoms with Gasteiger partial charge < -0.3 is 5.53 Å². The van der Waals surface area contributed by atoms with E-state index in [1.807, 2.05) is 0 Å². The molecule has 0 N–H and O–H groups in total. The Morgan fingerprint density at radius 2 is 1.17 bits per heavy atom. The van der Waals surface area contributed by atoms with Crippen LogP contribution in [0, 0.1) is 11.8 Å². The lowest BCUT2D eigenvalue weighted by Crippen LogP contribution is -2.03. The first-order chi connectivity index (χ1) is 20.6. The average Bonchev–Trinajstić information content (AvgIpc) is 3.29. The van der Waals surface area contributed by atoms with Crippen molar-refractivity contribution in [2.75, 3.05) is 0 Å². The number of hydrogen-bond acceptors (Lipinski definition) is 0. The third-order valence-electron chi connectivity index (χ3n) is 8.53. The molecule has 1 aliphatic heterocycles. The molecule has 0 aliphatic carbocycles. The van der Waals surface area contributed by atoms with Crippen LogP contribution in [0.2, 0.25) is 0 Å². The lowest BCUT2D eigenvalue weighted by Gasteiger charge is -2.11. The van der Waals surface area contributed by atoms with E-state index < -0.39 is 0 Å². The topological polar surface area (TPSA) is 25.3 Å². The van der Waals surface area contributed by atoms with Crippen LogP contribution in [0.15, 0.2) is 59.7 Å². The second-order valence-corrected chi connectivity index (χ2v) is 12.1. The predicted molar refractivity (Wildman–Crippen MR) is 182 cm³/mol. The van der Waals surface area contributed by atoms with Crippen molar-refractivity contribution in [3.8, 4) is 11.8 Å². The summed E-state index contributed by atoms with van der Waals surface area (Å²) in [7, 11) is 0. The highest BCUT2D eigenvalue weighted by atomic mass is 15.2. The summed E-state index contributed by atoms with van der Waals surface area (Å²) in [5, 5.41) is 0. The zero-order chi connectivity index (χ0) is 30.0. The van der Waals surface area contributed by atoms with Crippen molar-refractivity contribution >= 4 is 11.4 Å². The van der Waals surface area contributed by atoms with Crippen molar-refractivity contribution in [3.05, 3.63) is 87.5 Å². The van der Waals surface area contributed by atoms with E-state index in [1.165, 1.54) is 98.4 Å². The molecular formula is C40H56N2. The van der Waals surface area contributed by atoms with E-state index in [1.54, 1.807) is 0 Å². The molecule has 0 spiro atoms. The average molecular weight is 565 g/mol. The molecular weight excluding hydrogens is 508 g/mol. The van der Waals surface area contributed by atoms with E-state index in [0.717, 1.165) is 66.6 Å². The Labute approximate surface area is 258 Å². The van der Waals surface area contributed by atoms with Crippen molar-refractivity contribution in [3.63, 3.8) is 0 Å². The van der Waals surface area contributed by atoms with E-state index in [4.69, 9.17) is 0 Å². The van der Waals surface area contributed by atoms with Gasteiger partial charge >= 0.3 is 0 Å². The Kier molecular flexibility index (Phi) is 15.4. The Bertz CT molecular complexity index is 1250. The zero-order valence-corrected chi connectivity index (χ0v) is 27.2. The molecule has 2 aromatic carbocycles. The first kappa shape index (κ1) is 33.6. The number of aryl methyl sites for hydroxylation is 2. The van der Waals surface area contributed by atoms with Gasteiger partial charge in [-0.25, -0.2) is 4.70 Å². The summed E-state index contributed by atoms with van der Waals surface area (Å²) in [6.45, 7) is 8.97. The molecule has 1 heterocycles. The van der Waals surface area contributed by atoms with E-state index in [0.29, 0.717) is 0 Å². The molecule has 0 bridgehead atoms. The molecule has 0 atom stereocenters. The predicted octanol–water partition coefficient (Wildman–Crippen LogP) is 12.3. The molecule has 1 aliphatic rings. The van der Waals surface area contributed by atoms with Gasteiger partial charge in [-0.05, 0) is 73.9 Å². The van der Waals surface area contributed by atoms with Crippen molar-refractivity contribution in [2.24, 2.45) is 0 Å². The largest absolute Gasteiger partial charge is 0.493 e. The monoisotopic (exact) mass is 564 g/mol. The van der Waals surface area contributed by atoms with Crippen LogP contribution in [-0.2, 0) is 12.8 Å². The molecule has 0 saturated carbocycles. The maximum absolute atomic E-state index is 11.9. The van der Waals surface area contributed by atoms with Gasteiger partial charge in [-0.2, -0.15) is 0 Å². The summed E-state index contributed by atoms with van der Waals surface area (Å²) in [5.74, 6) is 7.18. The summed E-state index contributed by atoms with van der Waals surface area (Å²) in [6.07, 6.45) is 21.5. The standard InChI is InChI=1S/C40H56N2/c1-5-9-12-14-15-16-17-18-19-21-30-38-37(29-20-13-10-6-2)40(36-28-23-26-34(32-36)24-11-7-3)42(41)39(38)35-27-22-25-33(8-4)31-35/h22-23,25-28,31-32H,5-20,24,29H2,1-4H3. The van der Waals surface area contributed by atoms with Gasteiger partial charge in [0.1, 0.15) is 5.57 Å². The maximum Gasteiger partial charge on any atom is 0.223 e. The molecule has 2 aromatic rings. The zero-order valence-electron chi connectivity index (χ0n) is 27.2. The summed E-state index contributed by atoms with van der Waals surface area (Å²) in [5.41, 5.74) is 20.7. The number of unbranched alkanes of at least 4 members (excludes halogenated alkanes) is 12. The molecule has 2 nitrogen and oxygen atoms in total. The highest BCUT2D eigenvalue weighted by Gasteiger charge is 2.35. The second-order valence-electron chi connectivity index (χ2n) is 12.1. The molecule has 3 rings (SSSR count). The fourth-order valence-corrected chi connectivity index (χ4v) is 5.97. The van der Waals surface area contributed by atoms with Gasteiger partial charge in [-0.1, -0.05) is 134 Å². The number of allylic oxidation sites excluding steroid dienone is 2. The Morgan fingerprint density at radius 3 is 1.83 bits per heavy atom. The maximum atomic E-state index is 11.9. The van der Waals surface area contributed by atoms with Crippen LogP contribution < -0.4 is 0 Å². The van der Waals surface area contributed by atoms with E-state index in [2.05, 4.69) is 88.1 Å². The van der Waals surface area contributed by atoms with Crippen LogP contribution in [0.1, 0.15) is 153 Å². The van der Waals surface area contributed by atoms with Gasteiger partial charge in [0.15, 0.2) is 0 Å². The first-order valence-corrected chi connectivity index (χ1v) is 17.3. The smallest absolute Gasteiger partial charge is 0.223 e. The minimum Gasteiger partial charge on any atom is -0.493 e. The second kappa shape index (κ2) is 19.3. The van der Waals surface area contributed by atoms with E-state index in [-0.39, 0.29) is 0 Å². The van der Waals surface area contributed by atoms with Crippen LogP contribution in [0.25, 0.3) is 16.9 Å². The van der Waals surface area contributed by atoms with Gasteiger partial charge in [0.05, 0.1) is 0 Å².